The number of aliphatic hydroxyl groups excluding tert-OH is 1. The Morgan fingerprint density at radius 1 is 1.17 bits per heavy atom. The Hall–Kier alpha value is -2.87. The van der Waals surface area contributed by atoms with Crippen LogP contribution in [0, 0.1) is 0 Å². The molecule has 1 aromatic carbocycles. The molecule has 2 aliphatic heterocycles. The van der Waals surface area contributed by atoms with Gasteiger partial charge < -0.3 is 25.0 Å². The van der Waals surface area contributed by atoms with Crippen molar-refractivity contribution in [1.29, 1.82) is 0 Å². The number of aliphatic hydroxyl groups is 1. The number of rotatable bonds is 5. The van der Waals surface area contributed by atoms with Crippen molar-refractivity contribution in [3.63, 3.8) is 0 Å². The maximum Gasteiger partial charge on any atom is 0.287 e. The zero-order chi connectivity index (χ0) is 21.0. The Balaban J connectivity index is 1.58. The van der Waals surface area contributed by atoms with Crippen molar-refractivity contribution in [3.8, 4) is 0 Å². The average Bonchev–Trinajstić information content (AvgIpc) is 2.70. The average molecular weight is 401 g/mol. The number of allylic oxidation sites excluding steroid dienone is 1. The maximum atomic E-state index is 12.8. The summed E-state index contributed by atoms with van der Waals surface area (Å²) < 4.78 is 5.55. The molecular formula is C21H27N3O5. The topological polar surface area (TPSA) is 99.2 Å². The van der Waals surface area contributed by atoms with E-state index in [9.17, 15) is 19.5 Å². The Morgan fingerprint density at radius 3 is 2.41 bits per heavy atom. The van der Waals surface area contributed by atoms with Gasteiger partial charge in [-0.25, -0.2) is 0 Å². The van der Waals surface area contributed by atoms with Crippen LogP contribution in [0.5, 0.6) is 0 Å². The van der Waals surface area contributed by atoms with E-state index in [1.807, 2.05) is 30.3 Å². The van der Waals surface area contributed by atoms with Crippen LogP contribution in [-0.4, -0.2) is 72.0 Å². The molecule has 8 nitrogen and oxygen atoms in total. The van der Waals surface area contributed by atoms with Crippen molar-refractivity contribution < 1.29 is 24.2 Å². The minimum absolute atomic E-state index is 0.133. The van der Waals surface area contributed by atoms with Gasteiger partial charge in [0.2, 0.25) is 5.91 Å². The van der Waals surface area contributed by atoms with Gasteiger partial charge in [0.1, 0.15) is 11.6 Å². The van der Waals surface area contributed by atoms with Gasteiger partial charge in [-0.1, -0.05) is 18.2 Å². The molecule has 2 amide bonds. The third-order valence-corrected chi connectivity index (χ3v) is 5.00. The summed E-state index contributed by atoms with van der Waals surface area (Å²) in [4.78, 5) is 40.9. The van der Waals surface area contributed by atoms with Crippen LogP contribution in [0.4, 0.5) is 5.69 Å². The van der Waals surface area contributed by atoms with Gasteiger partial charge in [0, 0.05) is 44.4 Å². The van der Waals surface area contributed by atoms with Gasteiger partial charge in [-0.15, -0.1) is 0 Å². The quantitative estimate of drug-likeness (QED) is 0.744. The first-order valence-corrected chi connectivity index (χ1v) is 9.73. The SMILES string of the molecule is CC1(C)CC(=O)C=C(C(=O)NC(CO)C(=O)N2CCN(c3ccccc3)CC2)O1. The predicted molar refractivity (Wildman–Crippen MR) is 107 cm³/mol. The molecule has 0 aromatic heterocycles. The van der Waals surface area contributed by atoms with Gasteiger partial charge in [-0.2, -0.15) is 0 Å². The third kappa shape index (κ3) is 5.14. The zero-order valence-electron chi connectivity index (χ0n) is 16.8. The van der Waals surface area contributed by atoms with Crippen LogP contribution < -0.4 is 10.2 Å². The highest BCUT2D eigenvalue weighted by atomic mass is 16.5. The number of nitrogens with one attached hydrogen (secondary N) is 1. The summed E-state index contributed by atoms with van der Waals surface area (Å²) in [7, 11) is 0. The van der Waals surface area contributed by atoms with E-state index in [4.69, 9.17) is 4.74 Å². The molecule has 0 aliphatic carbocycles. The number of hydrogen-bond acceptors (Lipinski definition) is 6. The number of benzene rings is 1. The van der Waals surface area contributed by atoms with E-state index >= 15 is 0 Å². The molecule has 1 aromatic rings. The van der Waals surface area contributed by atoms with Crippen LogP contribution in [0.2, 0.25) is 0 Å². The molecule has 1 atom stereocenters. The number of ketones is 1. The normalized spacial score (nSPS) is 19.8. The fraction of sp³-hybridized carbons (Fsp3) is 0.476. The standard InChI is InChI=1S/C21H27N3O5/c1-21(2)13-16(26)12-18(29-21)19(27)22-17(14-25)20(28)24-10-8-23(9-11-24)15-6-4-3-5-7-15/h3-7,12,17,25H,8-11,13-14H2,1-2H3,(H,22,27). The molecule has 2 N–H and O–H groups in total. The minimum Gasteiger partial charge on any atom is -0.482 e. The Morgan fingerprint density at radius 2 is 1.83 bits per heavy atom. The Labute approximate surface area is 170 Å². The Bertz CT molecular complexity index is 798. The van der Waals surface area contributed by atoms with Gasteiger partial charge in [-0.05, 0) is 26.0 Å². The van der Waals surface area contributed by atoms with E-state index in [0.29, 0.717) is 26.2 Å². The smallest absolute Gasteiger partial charge is 0.287 e. The highest BCUT2D eigenvalue weighted by Gasteiger charge is 2.34. The van der Waals surface area contributed by atoms with Gasteiger partial charge in [0.05, 0.1) is 6.61 Å². The number of piperazine rings is 1. The van der Waals surface area contributed by atoms with Crippen LogP contribution in [0.25, 0.3) is 0 Å². The highest BCUT2D eigenvalue weighted by molar-refractivity contribution is 6.03. The third-order valence-electron chi connectivity index (χ3n) is 5.00. The van der Waals surface area contributed by atoms with Crippen molar-refractivity contribution in [2.75, 3.05) is 37.7 Å². The second kappa shape index (κ2) is 8.65. The molecule has 0 radical (unpaired) electrons. The minimum atomic E-state index is -1.09. The molecule has 0 spiro atoms. The molecule has 1 saturated heterocycles. The summed E-state index contributed by atoms with van der Waals surface area (Å²) in [5.74, 6) is -1.38. The lowest BCUT2D eigenvalue weighted by molar-refractivity contribution is -0.139. The summed E-state index contributed by atoms with van der Waals surface area (Å²) in [6, 6.07) is 8.86. The largest absolute Gasteiger partial charge is 0.482 e. The van der Waals surface area contributed by atoms with Crippen molar-refractivity contribution in [3.05, 3.63) is 42.2 Å². The fourth-order valence-corrected chi connectivity index (χ4v) is 3.55. The second-order valence-corrected chi connectivity index (χ2v) is 7.87. The lowest BCUT2D eigenvalue weighted by Gasteiger charge is -2.37. The van der Waals surface area contributed by atoms with Gasteiger partial charge in [0.15, 0.2) is 11.5 Å². The van der Waals surface area contributed by atoms with Gasteiger partial charge >= 0.3 is 0 Å². The summed E-state index contributed by atoms with van der Waals surface area (Å²) >= 11 is 0. The molecule has 2 heterocycles. The van der Waals surface area contributed by atoms with Gasteiger partial charge in [-0.3, -0.25) is 14.4 Å². The zero-order valence-corrected chi connectivity index (χ0v) is 16.8. The Kier molecular flexibility index (Phi) is 6.22. The summed E-state index contributed by atoms with van der Waals surface area (Å²) in [6.45, 7) is 5.21. The first kappa shape index (κ1) is 20.9. The lowest BCUT2D eigenvalue weighted by Crippen LogP contribution is -2.56. The van der Waals surface area contributed by atoms with E-state index in [2.05, 4.69) is 10.2 Å². The van der Waals surface area contributed by atoms with Gasteiger partial charge in [0.25, 0.3) is 5.91 Å². The van der Waals surface area contributed by atoms with E-state index in [0.717, 1.165) is 11.8 Å². The summed E-state index contributed by atoms with van der Waals surface area (Å²) in [6.07, 6.45) is 1.32. The van der Waals surface area contributed by atoms with Crippen LogP contribution in [-0.2, 0) is 19.1 Å². The number of carbonyl (C=O) groups is 3. The van der Waals surface area contributed by atoms with Crippen LogP contribution in [0.3, 0.4) is 0 Å². The summed E-state index contributed by atoms with van der Waals surface area (Å²) in [5.41, 5.74) is 0.311. The predicted octanol–water partition coefficient (Wildman–Crippen LogP) is 0.464. The monoisotopic (exact) mass is 401 g/mol. The molecule has 0 saturated carbocycles. The van der Waals surface area contributed by atoms with E-state index in [1.54, 1.807) is 18.7 Å². The van der Waals surface area contributed by atoms with E-state index in [1.165, 1.54) is 0 Å². The number of nitrogens with zero attached hydrogens (tertiary/aromatic N) is 2. The van der Waals surface area contributed by atoms with Crippen molar-refractivity contribution in [2.24, 2.45) is 0 Å². The van der Waals surface area contributed by atoms with E-state index in [-0.39, 0.29) is 23.9 Å². The van der Waals surface area contributed by atoms with Crippen LogP contribution >= 0.6 is 0 Å². The number of amides is 2. The lowest BCUT2D eigenvalue weighted by atomic mass is 9.98. The van der Waals surface area contributed by atoms with Crippen molar-refractivity contribution in [2.45, 2.75) is 31.9 Å². The first-order chi connectivity index (χ1) is 13.8. The molecule has 156 valence electrons. The van der Waals surface area contributed by atoms with E-state index < -0.39 is 24.2 Å². The number of carbonyl (C=O) groups excluding carboxylic acids is 3. The number of hydrogen-bond donors (Lipinski definition) is 2. The van der Waals surface area contributed by atoms with Crippen LogP contribution in [0.1, 0.15) is 20.3 Å². The highest BCUT2D eigenvalue weighted by Crippen LogP contribution is 2.24. The first-order valence-electron chi connectivity index (χ1n) is 9.73. The van der Waals surface area contributed by atoms with Crippen molar-refractivity contribution >= 4 is 23.3 Å². The number of ether oxygens (including phenoxy) is 1. The number of para-hydroxylation sites is 1. The summed E-state index contributed by atoms with van der Waals surface area (Å²) in [5, 5.41) is 12.2. The molecular weight excluding hydrogens is 374 g/mol. The van der Waals surface area contributed by atoms with Crippen molar-refractivity contribution in [1.82, 2.24) is 10.2 Å². The molecule has 1 unspecified atom stereocenters. The number of anilines is 1. The maximum absolute atomic E-state index is 12.8. The second-order valence-electron chi connectivity index (χ2n) is 7.87. The fourth-order valence-electron chi connectivity index (χ4n) is 3.55. The molecule has 2 aliphatic rings. The molecule has 29 heavy (non-hydrogen) atoms. The molecule has 1 fully saturated rings. The molecule has 8 heteroatoms. The molecule has 3 rings (SSSR count). The molecule has 0 bridgehead atoms. The van der Waals surface area contributed by atoms with Crippen LogP contribution in [0.15, 0.2) is 42.2 Å².